The lowest BCUT2D eigenvalue weighted by Gasteiger charge is -2.35. The van der Waals surface area contributed by atoms with Gasteiger partial charge in [-0.15, -0.1) is 0 Å². The highest BCUT2D eigenvalue weighted by molar-refractivity contribution is 5.39. The molecule has 1 saturated heterocycles. The minimum atomic E-state index is 0.224. The third kappa shape index (κ3) is 2.83. The van der Waals surface area contributed by atoms with E-state index in [1.807, 2.05) is 7.05 Å². The van der Waals surface area contributed by atoms with Crippen LogP contribution in [0.25, 0.3) is 0 Å². The molecule has 1 fully saturated rings. The minimum Gasteiger partial charge on any atom is -0.496 e. The van der Waals surface area contributed by atoms with Crippen molar-refractivity contribution >= 4 is 0 Å². The molecule has 2 rings (SSSR count). The first-order valence-electron chi connectivity index (χ1n) is 6.53. The van der Waals surface area contributed by atoms with Gasteiger partial charge in [0.25, 0.3) is 0 Å². The molecule has 100 valence electrons. The number of hydrogen-bond acceptors (Lipinski definition) is 4. The molecule has 1 heterocycles. The molecule has 1 unspecified atom stereocenters. The van der Waals surface area contributed by atoms with E-state index in [0.717, 1.165) is 31.9 Å². The van der Waals surface area contributed by atoms with E-state index in [1.54, 1.807) is 7.11 Å². The molecule has 0 aromatic heterocycles. The Balaban J connectivity index is 2.27. The number of ether oxygens (including phenoxy) is 1. The molecule has 2 N–H and O–H groups in total. The Morgan fingerprint density at radius 3 is 2.67 bits per heavy atom. The Labute approximate surface area is 109 Å². The average Bonchev–Trinajstić information content (AvgIpc) is 2.41. The van der Waals surface area contributed by atoms with Gasteiger partial charge >= 0.3 is 0 Å². The van der Waals surface area contributed by atoms with Gasteiger partial charge in [-0.25, -0.2) is 0 Å². The molecule has 0 saturated carbocycles. The molecule has 0 aliphatic carbocycles. The molecule has 0 spiro atoms. The number of piperazine rings is 1. The van der Waals surface area contributed by atoms with E-state index < -0.39 is 0 Å². The summed E-state index contributed by atoms with van der Waals surface area (Å²) >= 11 is 0. The quantitative estimate of drug-likeness (QED) is 0.838. The van der Waals surface area contributed by atoms with Crippen molar-refractivity contribution in [3.8, 4) is 5.75 Å². The lowest BCUT2D eigenvalue weighted by molar-refractivity contribution is 0.150. The lowest BCUT2D eigenvalue weighted by atomic mass is 10.1. The number of nitrogens with zero attached hydrogens (tertiary/aromatic N) is 1. The first kappa shape index (κ1) is 13.3. The Kier molecular flexibility index (Phi) is 4.58. The standard InChI is InChI=1S/C14H23N3O/c1-11-4-5-13(18-3)12(10-11)14(15-2)17-8-6-16-7-9-17/h4-5,10,14-16H,6-9H2,1-3H3. The van der Waals surface area contributed by atoms with Crippen LogP contribution >= 0.6 is 0 Å². The third-order valence-electron chi connectivity index (χ3n) is 3.47. The summed E-state index contributed by atoms with van der Waals surface area (Å²) in [6.07, 6.45) is 0.224. The number of aryl methyl sites for hydroxylation is 1. The fraction of sp³-hybridized carbons (Fsp3) is 0.571. The van der Waals surface area contributed by atoms with Crippen LogP contribution in [0.4, 0.5) is 0 Å². The second-order valence-electron chi connectivity index (χ2n) is 4.72. The highest BCUT2D eigenvalue weighted by Gasteiger charge is 2.23. The van der Waals surface area contributed by atoms with Crippen molar-refractivity contribution < 1.29 is 4.74 Å². The van der Waals surface area contributed by atoms with Gasteiger partial charge in [-0.1, -0.05) is 11.6 Å². The molecular weight excluding hydrogens is 226 g/mol. The van der Waals surface area contributed by atoms with Gasteiger partial charge in [0.2, 0.25) is 0 Å². The highest BCUT2D eigenvalue weighted by atomic mass is 16.5. The van der Waals surface area contributed by atoms with Gasteiger partial charge in [0.1, 0.15) is 5.75 Å². The summed E-state index contributed by atoms with van der Waals surface area (Å²) < 4.78 is 5.49. The van der Waals surface area contributed by atoms with Crippen molar-refractivity contribution in [1.29, 1.82) is 0 Å². The molecule has 1 atom stereocenters. The maximum atomic E-state index is 5.49. The van der Waals surface area contributed by atoms with E-state index >= 15 is 0 Å². The summed E-state index contributed by atoms with van der Waals surface area (Å²) in [5, 5.41) is 6.79. The monoisotopic (exact) mass is 249 g/mol. The predicted molar refractivity (Wildman–Crippen MR) is 74.0 cm³/mol. The zero-order valence-electron chi connectivity index (χ0n) is 11.5. The van der Waals surface area contributed by atoms with Gasteiger partial charge in [-0.3, -0.25) is 4.90 Å². The fourth-order valence-corrected chi connectivity index (χ4v) is 2.54. The summed E-state index contributed by atoms with van der Waals surface area (Å²) in [6.45, 7) is 6.33. The van der Waals surface area contributed by atoms with Crippen LogP contribution in [0.2, 0.25) is 0 Å². The van der Waals surface area contributed by atoms with Crippen molar-refractivity contribution in [3.05, 3.63) is 29.3 Å². The Hall–Kier alpha value is -1.10. The molecule has 1 aliphatic rings. The van der Waals surface area contributed by atoms with Gasteiger partial charge in [0.05, 0.1) is 13.3 Å². The largest absolute Gasteiger partial charge is 0.496 e. The summed E-state index contributed by atoms with van der Waals surface area (Å²) in [7, 11) is 3.74. The van der Waals surface area contributed by atoms with Crippen LogP contribution in [0, 0.1) is 6.92 Å². The Bertz CT molecular complexity index is 389. The van der Waals surface area contributed by atoms with Crippen molar-refractivity contribution in [2.24, 2.45) is 0 Å². The van der Waals surface area contributed by atoms with Crippen LogP contribution in [0.3, 0.4) is 0 Å². The highest BCUT2D eigenvalue weighted by Crippen LogP contribution is 2.28. The van der Waals surface area contributed by atoms with Crippen LogP contribution < -0.4 is 15.4 Å². The van der Waals surface area contributed by atoms with Gasteiger partial charge in [0, 0.05) is 31.7 Å². The molecule has 1 aromatic carbocycles. The molecule has 0 amide bonds. The van der Waals surface area contributed by atoms with E-state index in [9.17, 15) is 0 Å². The Morgan fingerprint density at radius 1 is 1.33 bits per heavy atom. The van der Waals surface area contributed by atoms with E-state index in [4.69, 9.17) is 4.74 Å². The zero-order chi connectivity index (χ0) is 13.0. The van der Waals surface area contributed by atoms with Crippen LogP contribution in [0.15, 0.2) is 18.2 Å². The van der Waals surface area contributed by atoms with Crippen LogP contribution in [-0.2, 0) is 0 Å². The van der Waals surface area contributed by atoms with Gasteiger partial charge in [-0.2, -0.15) is 0 Å². The van der Waals surface area contributed by atoms with Gasteiger partial charge in [0.15, 0.2) is 0 Å². The van der Waals surface area contributed by atoms with Crippen molar-refractivity contribution in [1.82, 2.24) is 15.5 Å². The molecule has 1 aromatic rings. The number of nitrogens with one attached hydrogen (secondary N) is 2. The number of hydrogen-bond donors (Lipinski definition) is 2. The summed E-state index contributed by atoms with van der Waals surface area (Å²) in [5.74, 6) is 0.957. The lowest BCUT2D eigenvalue weighted by Crippen LogP contribution is -2.48. The van der Waals surface area contributed by atoms with E-state index in [1.165, 1.54) is 11.1 Å². The molecular formula is C14H23N3O. The van der Waals surface area contributed by atoms with Crippen LogP contribution in [0.1, 0.15) is 17.3 Å². The SMILES string of the molecule is CNC(c1cc(C)ccc1OC)N1CCNCC1. The Morgan fingerprint density at radius 2 is 2.06 bits per heavy atom. The normalized spacial score (nSPS) is 18.6. The van der Waals surface area contributed by atoms with Crippen LogP contribution in [0.5, 0.6) is 5.75 Å². The van der Waals surface area contributed by atoms with E-state index in [-0.39, 0.29) is 6.17 Å². The number of benzene rings is 1. The van der Waals surface area contributed by atoms with Gasteiger partial charge < -0.3 is 15.4 Å². The second-order valence-corrected chi connectivity index (χ2v) is 4.72. The maximum Gasteiger partial charge on any atom is 0.125 e. The summed E-state index contributed by atoms with van der Waals surface area (Å²) in [6, 6.07) is 6.35. The van der Waals surface area contributed by atoms with E-state index in [0.29, 0.717) is 0 Å². The van der Waals surface area contributed by atoms with Crippen LogP contribution in [-0.4, -0.2) is 45.2 Å². The molecule has 4 nitrogen and oxygen atoms in total. The number of rotatable bonds is 4. The molecule has 18 heavy (non-hydrogen) atoms. The summed E-state index contributed by atoms with van der Waals surface area (Å²) in [4.78, 5) is 2.45. The zero-order valence-corrected chi connectivity index (χ0v) is 11.5. The van der Waals surface area contributed by atoms with E-state index in [2.05, 4.69) is 40.7 Å². The maximum absolute atomic E-state index is 5.49. The smallest absolute Gasteiger partial charge is 0.125 e. The van der Waals surface area contributed by atoms with Crippen molar-refractivity contribution in [3.63, 3.8) is 0 Å². The molecule has 1 aliphatic heterocycles. The first-order chi connectivity index (χ1) is 8.76. The molecule has 0 radical (unpaired) electrons. The fourth-order valence-electron chi connectivity index (χ4n) is 2.54. The molecule has 4 heteroatoms. The topological polar surface area (TPSA) is 36.5 Å². The summed E-state index contributed by atoms with van der Waals surface area (Å²) in [5.41, 5.74) is 2.49. The molecule has 0 bridgehead atoms. The second kappa shape index (κ2) is 6.18. The predicted octanol–water partition coefficient (Wildman–Crippen LogP) is 1.13. The first-order valence-corrected chi connectivity index (χ1v) is 6.53. The van der Waals surface area contributed by atoms with Crippen molar-refractivity contribution in [2.75, 3.05) is 40.3 Å². The number of methoxy groups -OCH3 is 1. The van der Waals surface area contributed by atoms with Gasteiger partial charge in [-0.05, 0) is 26.1 Å². The average molecular weight is 249 g/mol. The van der Waals surface area contributed by atoms with Crippen molar-refractivity contribution in [2.45, 2.75) is 13.1 Å². The minimum absolute atomic E-state index is 0.224. The third-order valence-corrected chi connectivity index (χ3v) is 3.47.